The van der Waals surface area contributed by atoms with Crippen molar-refractivity contribution in [1.82, 2.24) is 4.90 Å². The molecule has 0 radical (unpaired) electrons. The number of ether oxygens (including phenoxy) is 2. The van der Waals surface area contributed by atoms with Gasteiger partial charge in [-0.05, 0) is 42.0 Å². The highest BCUT2D eigenvalue weighted by atomic mass is 32.2. The fourth-order valence-corrected chi connectivity index (χ4v) is 3.44. The second-order valence-electron chi connectivity index (χ2n) is 6.19. The maximum Gasteiger partial charge on any atom is 0.243 e. The first-order valence-electron chi connectivity index (χ1n) is 8.34. The van der Waals surface area contributed by atoms with Crippen LogP contribution in [0.3, 0.4) is 0 Å². The Kier molecular flexibility index (Phi) is 6.85. The van der Waals surface area contributed by atoms with E-state index in [0.29, 0.717) is 11.5 Å². The predicted molar refractivity (Wildman–Crippen MR) is 105 cm³/mol. The lowest BCUT2D eigenvalue weighted by Gasteiger charge is -2.25. The van der Waals surface area contributed by atoms with Gasteiger partial charge in [0.05, 0.1) is 26.2 Å². The van der Waals surface area contributed by atoms with Crippen molar-refractivity contribution in [3.05, 3.63) is 53.8 Å². The highest BCUT2D eigenvalue weighted by molar-refractivity contribution is 7.92. The Hall–Kier alpha value is -2.81. The summed E-state index contributed by atoms with van der Waals surface area (Å²) in [5, 5.41) is 0. The van der Waals surface area contributed by atoms with Crippen LogP contribution in [0.25, 0.3) is 0 Å². The third-order valence-electron chi connectivity index (χ3n) is 4.09. The number of amides is 1. The molecule has 2 aromatic carbocycles. The smallest absolute Gasteiger partial charge is 0.243 e. The van der Waals surface area contributed by atoms with Gasteiger partial charge in [0.15, 0.2) is 11.5 Å². The molecule has 0 aromatic heterocycles. The standard InChI is InChI=1S/C19H23FN2O5S/c1-21(12-14-5-10-17(26-2)18(11-14)27-3)19(23)13-22(28(4,24)25)16-8-6-15(20)7-9-16/h5-11H,12-13H2,1-4H3. The van der Waals surface area contributed by atoms with E-state index >= 15 is 0 Å². The minimum Gasteiger partial charge on any atom is -0.493 e. The average Bonchev–Trinajstić information content (AvgIpc) is 2.65. The molecule has 28 heavy (non-hydrogen) atoms. The molecule has 152 valence electrons. The first-order chi connectivity index (χ1) is 13.2. The quantitative estimate of drug-likeness (QED) is 0.667. The van der Waals surface area contributed by atoms with E-state index in [2.05, 4.69) is 0 Å². The third kappa shape index (κ3) is 5.35. The molecule has 2 rings (SSSR count). The van der Waals surface area contributed by atoms with E-state index in [-0.39, 0.29) is 12.2 Å². The minimum atomic E-state index is -3.73. The second-order valence-corrected chi connectivity index (χ2v) is 8.09. The number of anilines is 1. The van der Waals surface area contributed by atoms with Gasteiger partial charge < -0.3 is 14.4 Å². The summed E-state index contributed by atoms with van der Waals surface area (Å²) in [4.78, 5) is 14.0. The number of hydrogen-bond donors (Lipinski definition) is 0. The molecular weight excluding hydrogens is 387 g/mol. The number of carbonyl (C=O) groups excluding carboxylic acids is 1. The van der Waals surface area contributed by atoms with Crippen molar-refractivity contribution in [1.29, 1.82) is 0 Å². The van der Waals surface area contributed by atoms with Crippen LogP contribution in [0.1, 0.15) is 5.56 Å². The highest BCUT2D eigenvalue weighted by Crippen LogP contribution is 2.28. The second kappa shape index (κ2) is 8.92. The van der Waals surface area contributed by atoms with Crippen LogP contribution in [0.2, 0.25) is 0 Å². The van der Waals surface area contributed by atoms with Crippen LogP contribution in [0.5, 0.6) is 11.5 Å². The molecule has 0 fully saturated rings. The monoisotopic (exact) mass is 410 g/mol. The molecule has 0 bridgehead atoms. The first kappa shape index (κ1) is 21.5. The molecule has 0 atom stereocenters. The number of rotatable bonds is 8. The SMILES string of the molecule is COc1ccc(CN(C)C(=O)CN(c2ccc(F)cc2)S(C)(=O)=O)cc1OC. The number of halogens is 1. The maximum absolute atomic E-state index is 13.1. The first-order valence-corrected chi connectivity index (χ1v) is 10.2. The molecule has 1 amide bonds. The van der Waals surface area contributed by atoms with E-state index in [1.54, 1.807) is 25.2 Å². The Labute approximate surface area is 164 Å². The molecule has 0 saturated carbocycles. The summed E-state index contributed by atoms with van der Waals surface area (Å²) < 4.78 is 48.7. The Morgan fingerprint density at radius 2 is 1.64 bits per heavy atom. The van der Waals surface area contributed by atoms with E-state index in [1.807, 2.05) is 0 Å². The summed E-state index contributed by atoms with van der Waals surface area (Å²) in [6.45, 7) is -0.144. The number of sulfonamides is 1. The molecule has 0 aliphatic rings. The van der Waals surface area contributed by atoms with Crippen molar-refractivity contribution >= 4 is 21.6 Å². The zero-order valence-electron chi connectivity index (χ0n) is 16.2. The van der Waals surface area contributed by atoms with E-state index < -0.39 is 28.3 Å². The minimum absolute atomic E-state index is 0.219. The van der Waals surface area contributed by atoms with Crippen molar-refractivity contribution in [2.24, 2.45) is 0 Å². The van der Waals surface area contributed by atoms with Gasteiger partial charge in [0, 0.05) is 13.6 Å². The molecule has 0 heterocycles. The van der Waals surface area contributed by atoms with Crippen LogP contribution in [0, 0.1) is 5.82 Å². The van der Waals surface area contributed by atoms with Gasteiger partial charge >= 0.3 is 0 Å². The molecule has 2 aromatic rings. The lowest BCUT2D eigenvalue weighted by molar-refractivity contribution is -0.128. The van der Waals surface area contributed by atoms with E-state index in [1.165, 1.54) is 31.3 Å². The Bertz CT molecular complexity index is 932. The molecule has 9 heteroatoms. The number of nitrogens with zero attached hydrogens (tertiary/aromatic N) is 2. The van der Waals surface area contributed by atoms with E-state index in [9.17, 15) is 17.6 Å². The summed E-state index contributed by atoms with van der Waals surface area (Å²) >= 11 is 0. The lowest BCUT2D eigenvalue weighted by atomic mass is 10.2. The largest absolute Gasteiger partial charge is 0.493 e. The molecule has 0 unspecified atom stereocenters. The van der Waals surface area contributed by atoms with Crippen LogP contribution < -0.4 is 13.8 Å². The van der Waals surface area contributed by atoms with Gasteiger partial charge in [0.2, 0.25) is 15.9 Å². The maximum atomic E-state index is 13.1. The van der Waals surface area contributed by atoms with Crippen molar-refractivity contribution in [2.45, 2.75) is 6.54 Å². The zero-order chi connectivity index (χ0) is 20.9. The molecule has 0 N–H and O–H groups in total. The van der Waals surface area contributed by atoms with Crippen LogP contribution in [0.15, 0.2) is 42.5 Å². The molecule has 0 aliphatic heterocycles. The molecule has 0 spiro atoms. The number of hydrogen-bond acceptors (Lipinski definition) is 5. The Morgan fingerprint density at radius 1 is 1.04 bits per heavy atom. The van der Waals surface area contributed by atoms with Gasteiger partial charge in [-0.3, -0.25) is 9.10 Å². The summed E-state index contributed by atoms with van der Waals surface area (Å²) in [6, 6.07) is 10.2. The molecule has 0 saturated heterocycles. The van der Waals surface area contributed by atoms with E-state index in [4.69, 9.17) is 9.47 Å². The summed E-state index contributed by atoms with van der Waals surface area (Å²) in [7, 11) is 0.896. The highest BCUT2D eigenvalue weighted by Gasteiger charge is 2.23. The molecule has 0 aliphatic carbocycles. The summed E-state index contributed by atoms with van der Waals surface area (Å²) in [6.07, 6.45) is 0.998. The van der Waals surface area contributed by atoms with Gasteiger partial charge in [-0.25, -0.2) is 12.8 Å². The average molecular weight is 410 g/mol. The van der Waals surface area contributed by atoms with Crippen LogP contribution in [0.4, 0.5) is 10.1 Å². The topological polar surface area (TPSA) is 76.2 Å². The summed E-state index contributed by atoms with van der Waals surface area (Å²) in [5.74, 6) is 0.198. The van der Waals surface area contributed by atoms with Gasteiger partial charge in [0.1, 0.15) is 12.4 Å². The lowest BCUT2D eigenvalue weighted by Crippen LogP contribution is -2.41. The number of likely N-dealkylation sites (N-methyl/N-ethyl adjacent to an activating group) is 1. The van der Waals surface area contributed by atoms with Crippen molar-refractivity contribution in [3.8, 4) is 11.5 Å². The van der Waals surface area contributed by atoms with Crippen molar-refractivity contribution in [3.63, 3.8) is 0 Å². The Morgan fingerprint density at radius 3 is 2.18 bits per heavy atom. The Balaban J connectivity index is 2.16. The predicted octanol–water partition coefficient (Wildman–Crippen LogP) is 2.27. The number of benzene rings is 2. The van der Waals surface area contributed by atoms with Gasteiger partial charge in [-0.1, -0.05) is 6.07 Å². The number of carbonyl (C=O) groups is 1. The zero-order valence-corrected chi connectivity index (χ0v) is 17.0. The van der Waals surface area contributed by atoms with Gasteiger partial charge in [-0.15, -0.1) is 0 Å². The van der Waals surface area contributed by atoms with Crippen LogP contribution in [-0.2, 0) is 21.4 Å². The van der Waals surface area contributed by atoms with Crippen LogP contribution in [-0.4, -0.2) is 53.3 Å². The van der Waals surface area contributed by atoms with Gasteiger partial charge in [0.25, 0.3) is 0 Å². The molecule has 7 nitrogen and oxygen atoms in total. The fraction of sp³-hybridized carbons (Fsp3) is 0.316. The number of methoxy groups -OCH3 is 2. The van der Waals surface area contributed by atoms with Crippen molar-refractivity contribution in [2.75, 3.05) is 38.4 Å². The van der Waals surface area contributed by atoms with E-state index in [0.717, 1.165) is 28.3 Å². The fourth-order valence-electron chi connectivity index (χ4n) is 2.59. The normalized spacial score (nSPS) is 11.0. The van der Waals surface area contributed by atoms with Crippen molar-refractivity contribution < 1.29 is 27.1 Å². The third-order valence-corrected chi connectivity index (χ3v) is 5.23. The van der Waals surface area contributed by atoms with Crippen LogP contribution >= 0.6 is 0 Å². The summed E-state index contributed by atoms with van der Waals surface area (Å²) in [5.41, 5.74) is 1.01. The van der Waals surface area contributed by atoms with Gasteiger partial charge in [-0.2, -0.15) is 0 Å². The molecular formula is C19H23FN2O5S.